The van der Waals surface area contributed by atoms with Crippen molar-refractivity contribution in [2.75, 3.05) is 18.4 Å². The number of hydrogen-bond acceptors (Lipinski definition) is 4. The van der Waals surface area contributed by atoms with Gasteiger partial charge in [-0.1, -0.05) is 23.8 Å². The van der Waals surface area contributed by atoms with E-state index < -0.39 is 0 Å². The van der Waals surface area contributed by atoms with E-state index in [1.165, 1.54) is 16.7 Å². The Labute approximate surface area is 114 Å². The highest BCUT2D eigenvalue weighted by Gasteiger charge is 2.03. The minimum absolute atomic E-state index is 0.655. The highest BCUT2D eigenvalue weighted by atomic mass is 15.1. The summed E-state index contributed by atoms with van der Waals surface area (Å²) >= 11 is 0. The Morgan fingerprint density at radius 1 is 1.16 bits per heavy atom. The zero-order valence-electron chi connectivity index (χ0n) is 11.5. The molecule has 0 atom stereocenters. The molecule has 4 nitrogen and oxygen atoms in total. The summed E-state index contributed by atoms with van der Waals surface area (Å²) in [4.78, 5) is 8.65. The van der Waals surface area contributed by atoms with Crippen LogP contribution < -0.4 is 11.1 Å². The number of benzene rings is 1. The quantitative estimate of drug-likeness (QED) is 0.807. The average molecular weight is 256 g/mol. The summed E-state index contributed by atoms with van der Waals surface area (Å²) in [6.45, 7) is 5.68. The van der Waals surface area contributed by atoms with Crippen LogP contribution in [0.5, 0.6) is 0 Å². The van der Waals surface area contributed by atoms with E-state index in [1.807, 2.05) is 12.4 Å². The molecule has 0 radical (unpaired) electrons. The maximum absolute atomic E-state index is 5.44. The zero-order valence-corrected chi connectivity index (χ0v) is 11.5. The highest BCUT2D eigenvalue weighted by molar-refractivity contribution is 5.66. The van der Waals surface area contributed by atoms with Crippen molar-refractivity contribution in [3.05, 3.63) is 41.7 Å². The summed E-state index contributed by atoms with van der Waals surface area (Å²) in [6.07, 6.45) is 4.63. The van der Waals surface area contributed by atoms with Gasteiger partial charge in [-0.2, -0.15) is 0 Å². The molecule has 100 valence electrons. The van der Waals surface area contributed by atoms with Crippen LogP contribution in [0.15, 0.2) is 30.6 Å². The SMILES string of the molecule is Cc1ccc(-c2cnc(NCCCN)nc2)c(C)c1. The van der Waals surface area contributed by atoms with Crippen molar-refractivity contribution in [1.29, 1.82) is 0 Å². The first-order chi connectivity index (χ1) is 9.20. The van der Waals surface area contributed by atoms with E-state index in [1.54, 1.807) is 0 Å². The first kappa shape index (κ1) is 13.5. The second-order valence-electron chi connectivity index (χ2n) is 4.68. The second-order valence-corrected chi connectivity index (χ2v) is 4.68. The van der Waals surface area contributed by atoms with Gasteiger partial charge in [-0.15, -0.1) is 0 Å². The van der Waals surface area contributed by atoms with Crippen LogP contribution in [0.2, 0.25) is 0 Å². The van der Waals surface area contributed by atoms with Crippen molar-refractivity contribution >= 4 is 5.95 Å². The number of aromatic nitrogens is 2. The van der Waals surface area contributed by atoms with Crippen LogP contribution in [0.25, 0.3) is 11.1 Å². The van der Waals surface area contributed by atoms with Gasteiger partial charge in [0.25, 0.3) is 0 Å². The highest BCUT2D eigenvalue weighted by Crippen LogP contribution is 2.23. The van der Waals surface area contributed by atoms with Crippen molar-refractivity contribution in [3.8, 4) is 11.1 Å². The van der Waals surface area contributed by atoms with E-state index in [9.17, 15) is 0 Å². The molecule has 0 spiro atoms. The Morgan fingerprint density at radius 2 is 1.89 bits per heavy atom. The zero-order chi connectivity index (χ0) is 13.7. The summed E-state index contributed by atoms with van der Waals surface area (Å²) in [5.74, 6) is 0.655. The minimum atomic E-state index is 0.655. The predicted molar refractivity (Wildman–Crippen MR) is 79.1 cm³/mol. The van der Waals surface area contributed by atoms with Gasteiger partial charge in [0.15, 0.2) is 0 Å². The number of nitrogens with zero attached hydrogens (tertiary/aromatic N) is 2. The molecule has 1 heterocycles. The molecule has 4 heteroatoms. The van der Waals surface area contributed by atoms with Crippen LogP contribution in [-0.4, -0.2) is 23.1 Å². The molecule has 2 aromatic rings. The van der Waals surface area contributed by atoms with E-state index in [4.69, 9.17) is 5.73 Å². The van der Waals surface area contributed by atoms with Crippen LogP contribution in [0.4, 0.5) is 5.95 Å². The van der Waals surface area contributed by atoms with Gasteiger partial charge in [-0.05, 0) is 37.9 Å². The van der Waals surface area contributed by atoms with Gasteiger partial charge < -0.3 is 11.1 Å². The van der Waals surface area contributed by atoms with Crippen molar-refractivity contribution in [2.24, 2.45) is 5.73 Å². The third-order valence-corrected chi connectivity index (χ3v) is 3.01. The fourth-order valence-corrected chi connectivity index (χ4v) is 2.00. The molecular weight excluding hydrogens is 236 g/mol. The molecule has 1 aromatic heterocycles. The van der Waals surface area contributed by atoms with Gasteiger partial charge >= 0.3 is 0 Å². The summed E-state index contributed by atoms with van der Waals surface area (Å²) in [6, 6.07) is 6.39. The number of hydrogen-bond donors (Lipinski definition) is 2. The van der Waals surface area contributed by atoms with Crippen LogP contribution in [0, 0.1) is 13.8 Å². The lowest BCUT2D eigenvalue weighted by molar-refractivity contribution is 0.864. The molecule has 0 aliphatic heterocycles. The van der Waals surface area contributed by atoms with Gasteiger partial charge in [0, 0.05) is 24.5 Å². The lowest BCUT2D eigenvalue weighted by Crippen LogP contribution is -2.10. The maximum atomic E-state index is 5.44. The first-order valence-corrected chi connectivity index (χ1v) is 6.54. The third kappa shape index (κ3) is 3.51. The van der Waals surface area contributed by atoms with Gasteiger partial charge in [0.1, 0.15) is 0 Å². The number of rotatable bonds is 5. The molecule has 3 N–H and O–H groups in total. The fourth-order valence-electron chi connectivity index (χ4n) is 2.00. The molecule has 0 amide bonds. The fraction of sp³-hybridized carbons (Fsp3) is 0.333. The molecule has 0 saturated heterocycles. The molecule has 0 unspecified atom stereocenters. The maximum Gasteiger partial charge on any atom is 0.222 e. The van der Waals surface area contributed by atoms with Crippen molar-refractivity contribution in [3.63, 3.8) is 0 Å². The summed E-state index contributed by atoms with van der Waals surface area (Å²) in [7, 11) is 0. The predicted octanol–water partition coefficient (Wildman–Crippen LogP) is 2.52. The molecule has 0 bridgehead atoms. The van der Waals surface area contributed by atoms with E-state index in [-0.39, 0.29) is 0 Å². The van der Waals surface area contributed by atoms with Crippen LogP contribution >= 0.6 is 0 Å². The Morgan fingerprint density at radius 3 is 2.53 bits per heavy atom. The molecule has 19 heavy (non-hydrogen) atoms. The minimum Gasteiger partial charge on any atom is -0.354 e. The van der Waals surface area contributed by atoms with E-state index in [2.05, 4.69) is 47.3 Å². The lowest BCUT2D eigenvalue weighted by atomic mass is 10.0. The number of nitrogens with one attached hydrogen (secondary N) is 1. The Bertz CT molecular complexity index is 534. The van der Waals surface area contributed by atoms with E-state index in [0.29, 0.717) is 12.5 Å². The van der Waals surface area contributed by atoms with Gasteiger partial charge in [-0.3, -0.25) is 0 Å². The first-order valence-electron chi connectivity index (χ1n) is 6.54. The van der Waals surface area contributed by atoms with Gasteiger partial charge in [0.05, 0.1) is 0 Å². The molecular formula is C15H20N4. The standard InChI is InChI=1S/C15H20N4/c1-11-4-5-14(12(2)8-11)13-9-18-15(19-10-13)17-7-3-6-16/h4-5,8-10H,3,6-7,16H2,1-2H3,(H,17,18,19). The Balaban J connectivity index is 2.13. The van der Waals surface area contributed by atoms with Gasteiger partial charge in [0.2, 0.25) is 5.95 Å². The van der Waals surface area contributed by atoms with E-state index in [0.717, 1.165) is 18.5 Å². The summed E-state index contributed by atoms with van der Waals surface area (Å²) < 4.78 is 0. The van der Waals surface area contributed by atoms with Crippen LogP contribution in [-0.2, 0) is 0 Å². The number of aryl methyl sites for hydroxylation is 2. The molecule has 0 aliphatic carbocycles. The van der Waals surface area contributed by atoms with Crippen LogP contribution in [0.3, 0.4) is 0 Å². The molecule has 0 aliphatic rings. The second kappa shape index (κ2) is 6.29. The van der Waals surface area contributed by atoms with Crippen molar-refractivity contribution in [2.45, 2.75) is 20.3 Å². The Kier molecular flexibility index (Phi) is 4.47. The topological polar surface area (TPSA) is 63.8 Å². The van der Waals surface area contributed by atoms with E-state index >= 15 is 0 Å². The summed E-state index contributed by atoms with van der Waals surface area (Å²) in [5.41, 5.74) is 10.2. The largest absolute Gasteiger partial charge is 0.354 e. The number of anilines is 1. The lowest BCUT2D eigenvalue weighted by Gasteiger charge is -2.08. The van der Waals surface area contributed by atoms with Crippen molar-refractivity contribution in [1.82, 2.24) is 9.97 Å². The van der Waals surface area contributed by atoms with Gasteiger partial charge in [-0.25, -0.2) is 9.97 Å². The Hall–Kier alpha value is -1.94. The smallest absolute Gasteiger partial charge is 0.222 e. The van der Waals surface area contributed by atoms with Crippen molar-refractivity contribution < 1.29 is 0 Å². The molecule has 2 rings (SSSR count). The summed E-state index contributed by atoms with van der Waals surface area (Å²) in [5, 5.41) is 3.15. The average Bonchev–Trinajstić information content (AvgIpc) is 2.40. The van der Waals surface area contributed by atoms with Crippen LogP contribution in [0.1, 0.15) is 17.5 Å². The monoisotopic (exact) mass is 256 g/mol. The molecule has 1 aromatic carbocycles. The number of nitrogens with two attached hydrogens (primary N) is 1. The normalized spacial score (nSPS) is 10.5. The molecule has 0 saturated carbocycles. The third-order valence-electron chi connectivity index (χ3n) is 3.01. The molecule has 0 fully saturated rings.